The lowest BCUT2D eigenvalue weighted by molar-refractivity contribution is 0.309. The predicted molar refractivity (Wildman–Crippen MR) is 88.5 cm³/mol. The molecule has 1 aliphatic rings. The van der Waals surface area contributed by atoms with Gasteiger partial charge in [0.25, 0.3) is 0 Å². The van der Waals surface area contributed by atoms with Crippen LogP contribution in [0, 0.1) is 16.6 Å². The van der Waals surface area contributed by atoms with Crippen molar-refractivity contribution in [2.45, 2.75) is 26.7 Å². The van der Waals surface area contributed by atoms with E-state index >= 15 is 0 Å². The lowest BCUT2D eigenvalue weighted by atomic mass is 9.87. The molecule has 0 unspecified atom stereocenters. The van der Waals surface area contributed by atoms with Gasteiger partial charge in [-0.25, -0.2) is 5.10 Å². The number of rotatable bonds is 3. The van der Waals surface area contributed by atoms with E-state index in [1.165, 1.54) is 12.8 Å². The van der Waals surface area contributed by atoms with Gasteiger partial charge in [-0.2, -0.15) is 0 Å². The number of nitrogens with one attached hydrogen (secondary N) is 1. The molecule has 1 aromatic heterocycles. The van der Waals surface area contributed by atoms with Gasteiger partial charge >= 0.3 is 0 Å². The lowest BCUT2D eigenvalue weighted by Gasteiger charge is -2.34. The van der Waals surface area contributed by atoms with Crippen LogP contribution >= 0.6 is 12.2 Å². The summed E-state index contributed by atoms with van der Waals surface area (Å²) in [6.45, 7) is 6.74. The van der Waals surface area contributed by atoms with E-state index in [-0.39, 0.29) is 0 Å². The third-order valence-electron chi connectivity index (χ3n) is 4.43. The first-order chi connectivity index (χ1) is 10.2. The lowest BCUT2D eigenvalue weighted by Crippen LogP contribution is -2.36. The van der Waals surface area contributed by atoms with E-state index in [1.807, 2.05) is 22.8 Å². The Morgan fingerprint density at radius 2 is 1.86 bits per heavy atom. The summed E-state index contributed by atoms with van der Waals surface area (Å²) in [7, 11) is 0. The summed E-state index contributed by atoms with van der Waals surface area (Å²) in [5.41, 5.74) is 1.07. The van der Waals surface area contributed by atoms with Gasteiger partial charge in [-0.1, -0.05) is 32.0 Å². The number of anilines is 1. The Bertz CT molecular complexity index is 636. The highest BCUT2D eigenvalue weighted by molar-refractivity contribution is 7.71. The van der Waals surface area contributed by atoms with Crippen LogP contribution in [0.25, 0.3) is 5.69 Å². The molecule has 112 valence electrons. The number of piperidine rings is 1. The molecule has 1 N–H and O–H groups in total. The highest BCUT2D eigenvalue weighted by atomic mass is 32.1. The summed E-state index contributed by atoms with van der Waals surface area (Å²) in [5, 5.41) is 7.40. The van der Waals surface area contributed by atoms with Crippen LogP contribution in [0.3, 0.4) is 0 Å². The van der Waals surface area contributed by atoms with Crippen molar-refractivity contribution in [2.24, 2.45) is 11.8 Å². The SMILES string of the molecule is CC(C)C1CCN(c2n[nH]c(=S)n2-c2ccccc2)CC1. The Labute approximate surface area is 130 Å². The molecule has 0 aliphatic carbocycles. The van der Waals surface area contributed by atoms with Crippen LogP contribution in [0.4, 0.5) is 5.95 Å². The van der Waals surface area contributed by atoms with Gasteiger partial charge in [0.1, 0.15) is 0 Å². The monoisotopic (exact) mass is 302 g/mol. The minimum absolute atomic E-state index is 0.655. The Hall–Kier alpha value is -1.62. The second-order valence-electron chi connectivity index (χ2n) is 6.07. The van der Waals surface area contributed by atoms with E-state index in [0.29, 0.717) is 4.77 Å². The van der Waals surface area contributed by atoms with Crippen molar-refractivity contribution in [3.05, 3.63) is 35.1 Å². The second-order valence-corrected chi connectivity index (χ2v) is 6.45. The van der Waals surface area contributed by atoms with Gasteiger partial charge < -0.3 is 4.90 Å². The van der Waals surface area contributed by atoms with E-state index in [4.69, 9.17) is 12.2 Å². The van der Waals surface area contributed by atoms with Crippen molar-refractivity contribution in [1.82, 2.24) is 14.8 Å². The number of hydrogen-bond acceptors (Lipinski definition) is 3. The summed E-state index contributed by atoms with van der Waals surface area (Å²) in [4.78, 5) is 2.35. The molecular weight excluding hydrogens is 280 g/mol. The van der Waals surface area contributed by atoms with Gasteiger partial charge in [0.2, 0.25) is 10.7 Å². The third kappa shape index (κ3) is 2.88. The van der Waals surface area contributed by atoms with Crippen LogP contribution in [-0.2, 0) is 0 Å². The average molecular weight is 302 g/mol. The molecule has 0 bridgehead atoms. The number of para-hydroxylation sites is 1. The largest absolute Gasteiger partial charge is 0.341 e. The van der Waals surface area contributed by atoms with Crippen molar-refractivity contribution < 1.29 is 0 Å². The Morgan fingerprint density at radius 1 is 1.19 bits per heavy atom. The highest BCUT2D eigenvalue weighted by Crippen LogP contribution is 2.28. The van der Waals surface area contributed by atoms with Crippen molar-refractivity contribution in [3.63, 3.8) is 0 Å². The zero-order valence-corrected chi connectivity index (χ0v) is 13.4. The van der Waals surface area contributed by atoms with E-state index in [9.17, 15) is 0 Å². The normalized spacial score (nSPS) is 16.6. The molecule has 5 heteroatoms. The van der Waals surface area contributed by atoms with Crippen LogP contribution in [0.2, 0.25) is 0 Å². The van der Waals surface area contributed by atoms with Gasteiger partial charge in [0, 0.05) is 13.1 Å². The molecule has 1 saturated heterocycles. The number of hydrogen-bond donors (Lipinski definition) is 1. The summed E-state index contributed by atoms with van der Waals surface area (Å²) >= 11 is 5.41. The zero-order valence-electron chi connectivity index (χ0n) is 12.6. The van der Waals surface area contributed by atoms with Crippen molar-refractivity contribution in [2.75, 3.05) is 18.0 Å². The molecule has 1 fully saturated rings. The molecule has 2 aromatic rings. The fourth-order valence-corrected chi connectivity index (χ4v) is 3.31. The highest BCUT2D eigenvalue weighted by Gasteiger charge is 2.24. The van der Waals surface area contributed by atoms with Gasteiger partial charge in [-0.15, -0.1) is 5.10 Å². The standard InChI is InChI=1S/C16H22N4S/c1-12(2)13-8-10-19(11-9-13)15-17-18-16(21)20(15)14-6-4-3-5-7-14/h3-7,12-13H,8-11H2,1-2H3,(H,18,21). The van der Waals surface area contributed by atoms with Crippen LogP contribution in [0.15, 0.2) is 30.3 Å². The molecule has 21 heavy (non-hydrogen) atoms. The smallest absolute Gasteiger partial charge is 0.230 e. The van der Waals surface area contributed by atoms with Gasteiger partial charge in [-0.05, 0) is 49.0 Å². The number of aromatic nitrogens is 3. The maximum absolute atomic E-state index is 5.41. The average Bonchev–Trinajstić information content (AvgIpc) is 2.90. The van der Waals surface area contributed by atoms with Gasteiger partial charge in [0.15, 0.2) is 0 Å². The van der Waals surface area contributed by atoms with Crippen molar-refractivity contribution >= 4 is 18.2 Å². The van der Waals surface area contributed by atoms with Crippen LogP contribution in [-0.4, -0.2) is 27.9 Å². The van der Waals surface area contributed by atoms with Crippen LogP contribution in [0.1, 0.15) is 26.7 Å². The molecule has 0 atom stereocenters. The molecular formula is C16H22N4S. The molecule has 0 radical (unpaired) electrons. The van der Waals surface area contributed by atoms with Crippen LogP contribution in [0.5, 0.6) is 0 Å². The van der Waals surface area contributed by atoms with Gasteiger partial charge in [0.05, 0.1) is 5.69 Å². The molecule has 4 nitrogen and oxygen atoms in total. The van der Waals surface area contributed by atoms with E-state index < -0.39 is 0 Å². The maximum Gasteiger partial charge on any atom is 0.230 e. The van der Waals surface area contributed by atoms with Crippen molar-refractivity contribution in [1.29, 1.82) is 0 Å². The molecule has 1 aliphatic heterocycles. The Balaban J connectivity index is 1.86. The first kappa shape index (κ1) is 14.3. The van der Waals surface area contributed by atoms with E-state index in [0.717, 1.165) is 36.6 Å². The number of nitrogens with zero attached hydrogens (tertiary/aromatic N) is 3. The maximum atomic E-state index is 5.41. The fraction of sp³-hybridized carbons (Fsp3) is 0.500. The summed E-state index contributed by atoms with van der Waals surface area (Å²) < 4.78 is 2.69. The molecule has 2 heterocycles. The summed E-state index contributed by atoms with van der Waals surface area (Å²) in [5.74, 6) is 2.53. The van der Waals surface area contributed by atoms with Crippen molar-refractivity contribution in [3.8, 4) is 5.69 Å². The van der Waals surface area contributed by atoms with E-state index in [2.05, 4.69) is 41.1 Å². The minimum Gasteiger partial charge on any atom is -0.341 e. The van der Waals surface area contributed by atoms with Gasteiger partial charge in [-0.3, -0.25) is 4.57 Å². The Kier molecular flexibility index (Phi) is 4.10. The first-order valence-electron chi connectivity index (χ1n) is 7.64. The molecule has 0 saturated carbocycles. The predicted octanol–water partition coefficient (Wildman–Crippen LogP) is 3.80. The second kappa shape index (κ2) is 6.02. The molecule has 1 aromatic carbocycles. The molecule has 0 spiro atoms. The zero-order chi connectivity index (χ0) is 14.8. The Morgan fingerprint density at radius 3 is 2.48 bits per heavy atom. The van der Waals surface area contributed by atoms with E-state index in [1.54, 1.807) is 0 Å². The molecule has 3 rings (SSSR count). The summed E-state index contributed by atoms with van der Waals surface area (Å²) in [6, 6.07) is 10.2. The number of H-pyrrole nitrogens is 1. The number of aromatic amines is 1. The van der Waals surface area contributed by atoms with Crippen LogP contribution < -0.4 is 4.90 Å². The number of benzene rings is 1. The quantitative estimate of drug-likeness (QED) is 0.876. The molecule has 0 amide bonds. The summed E-state index contributed by atoms with van der Waals surface area (Å²) in [6.07, 6.45) is 2.46. The topological polar surface area (TPSA) is 36.9 Å². The first-order valence-corrected chi connectivity index (χ1v) is 8.05. The third-order valence-corrected chi connectivity index (χ3v) is 4.71. The fourth-order valence-electron chi connectivity index (χ4n) is 3.08. The minimum atomic E-state index is 0.655.